The van der Waals surface area contributed by atoms with E-state index in [2.05, 4.69) is 15.4 Å². The maximum absolute atomic E-state index is 12.2. The number of carbonyl (C=O) groups is 1. The fraction of sp³-hybridized carbons (Fsp3) is 0.357. The molecule has 8 heteroatoms. The Morgan fingerprint density at radius 1 is 1.27 bits per heavy atom. The molecule has 1 amide bonds. The van der Waals surface area contributed by atoms with E-state index < -0.39 is 10.0 Å². The molecule has 1 aromatic rings. The Morgan fingerprint density at radius 3 is 2.50 bits per heavy atom. The van der Waals surface area contributed by atoms with Crippen LogP contribution in [0.2, 0.25) is 0 Å². The van der Waals surface area contributed by atoms with Crippen LogP contribution in [0.4, 0.5) is 0 Å². The van der Waals surface area contributed by atoms with Crippen molar-refractivity contribution in [1.82, 2.24) is 15.4 Å². The van der Waals surface area contributed by atoms with E-state index in [-0.39, 0.29) is 23.2 Å². The normalized spacial score (nSPS) is 14.7. The lowest BCUT2D eigenvalue weighted by Gasteiger charge is -2.14. The highest BCUT2D eigenvalue weighted by molar-refractivity contribution is 7.89. The van der Waals surface area contributed by atoms with Crippen molar-refractivity contribution in [3.8, 4) is 0 Å². The van der Waals surface area contributed by atoms with Gasteiger partial charge in [-0.15, -0.1) is 12.4 Å². The number of benzene rings is 1. The molecule has 1 heterocycles. The molecule has 0 saturated heterocycles. The first-order valence-corrected chi connectivity index (χ1v) is 8.21. The molecule has 122 valence electrons. The van der Waals surface area contributed by atoms with Crippen molar-refractivity contribution in [2.75, 3.05) is 26.7 Å². The van der Waals surface area contributed by atoms with Gasteiger partial charge in [-0.3, -0.25) is 4.79 Å². The average Bonchev–Trinajstić information content (AvgIpc) is 2.53. The predicted molar refractivity (Wildman–Crippen MR) is 87.8 cm³/mol. The number of rotatable bonds is 5. The lowest BCUT2D eigenvalue weighted by atomic mass is 10.1. The van der Waals surface area contributed by atoms with Crippen LogP contribution >= 0.6 is 12.4 Å². The van der Waals surface area contributed by atoms with Gasteiger partial charge in [0.1, 0.15) is 0 Å². The Hall–Kier alpha value is -1.41. The summed E-state index contributed by atoms with van der Waals surface area (Å²) in [4.78, 5) is 11.6. The van der Waals surface area contributed by atoms with Crippen LogP contribution in [0.3, 0.4) is 0 Å². The smallest absolute Gasteiger partial charge is 0.251 e. The van der Waals surface area contributed by atoms with Crippen LogP contribution in [-0.2, 0) is 10.0 Å². The summed E-state index contributed by atoms with van der Waals surface area (Å²) in [5.41, 5.74) is 1.51. The molecule has 1 aromatic carbocycles. The van der Waals surface area contributed by atoms with Gasteiger partial charge in [-0.05, 0) is 37.2 Å². The quantitative estimate of drug-likeness (QED) is 0.684. The van der Waals surface area contributed by atoms with Crippen molar-refractivity contribution >= 4 is 28.3 Å². The molecule has 6 nitrogen and oxygen atoms in total. The molecule has 0 bridgehead atoms. The van der Waals surface area contributed by atoms with Crippen LogP contribution < -0.4 is 15.4 Å². The zero-order valence-electron chi connectivity index (χ0n) is 12.3. The van der Waals surface area contributed by atoms with E-state index in [1.807, 2.05) is 6.08 Å². The third-order valence-corrected chi connectivity index (χ3v) is 4.72. The molecule has 1 aliphatic rings. The highest BCUT2D eigenvalue weighted by Crippen LogP contribution is 2.11. The fourth-order valence-corrected chi connectivity index (χ4v) is 3.07. The minimum Gasteiger partial charge on any atom is -0.355 e. The Morgan fingerprint density at radius 2 is 1.95 bits per heavy atom. The molecule has 0 spiro atoms. The molecule has 1 aliphatic heterocycles. The van der Waals surface area contributed by atoms with Gasteiger partial charge in [0.05, 0.1) is 4.90 Å². The summed E-state index contributed by atoms with van der Waals surface area (Å²) in [5.74, 6) is -0.244. The number of hydrogen-bond donors (Lipinski definition) is 3. The summed E-state index contributed by atoms with van der Waals surface area (Å²) in [6, 6.07) is 5.86. The molecular formula is C14H20ClN3O3S. The number of halogens is 1. The highest BCUT2D eigenvalue weighted by Gasteiger charge is 2.15. The van der Waals surface area contributed by atoms with E-state index in [0.717, 1.165) is 25.1 Å². The lowest BCUT2D eigenvalue weighted by Crippen LogP contribution is -2.29. The number of hydrogen-bond acceptors (Lipinski definition) is 4. The van der Waals surface area contributed by atoms with Crippen LogP contribution in [0, 0.1) is 0 Å². The number of amides is 1. The monoisotopic (exact) mass is 345 g/mol. The largest absolute Gasteiger partial charge is 0.355 e. The van der Waals surface area contributed by atoms with Crippen molar-refractivity contribution in [3.63, 3.8) is 0 Å². The highest BCUT2D eigenvalue weighted by atomic mass is 35.5. The van der Waals surface area contributed by atoms with E-state index in [9.17, 15) is 13.2 Å². The van der Waals surface area contributed by atoms with Gasteiger partial charge >= 0.3 is 0 Å². The number of nitrogens with one attached hydrogen (secondary N) is 3. The summed E-state index contributed by atoms with van der Waals surface area (Å²) in [5, 5.41) is 5.66. The Kier molecular flexibility index (Phi) is 7.02. The maximum Gasteiger partial charge on any atom is 0.251 e. The molecular weight excluding hydrogens is 326 g/mol. The van der Waals surface area contributed by atoms with E-state index in [1.54, 1.807) is 0 Å². The topological polar surface area (TPSA) is 87.3 Å². The second kappa shape index (κ2) is 8.28. The van der Waals surface area contributed by atoms with Crippen molar-refractivity contribution in [2.45, 2.75) is 11.3 Å². The van der Waals surface area contributed by atoms with Crippen LogP contribution in [0.1, 0.15) is 16.8 Å². The lowest BCUT2D eigenvalue weighted by molar-refractivity contribution is 0.0963. The minimum atomic E-state index is -3.55. The third kappa shape index (κ3) is 4.81. The van der Waals surface area contributed by atoms with Crippen LogP contribution in [0.15, 0.2) is 40.8 Å². The summed E-state index contributed by atoms with van der Waals surface area (Å²) in [6.45, 7) is 1.97. The van der Waals surface area contributed by atoms with Crippen LogP contribution in [0.25, 0.3) is 0 Å². The molecule has 0 fully saturated rings. The third-order valence-electron chi connectivity index (χ3n) is 3.30. The minimum absolute atomic E-state index is 0. The molecule has 0 radical (unpaired) electrons. The maximum atomic E-state index is 12.2. The molecule has 0 saturated carbocycles. The second-order valence-electron chi connectivity index (χ2n) is 4.74. The van der Waals surface area contributed by atoms with E-state index in [0.29, 0.717) is 12.1 Å². The van der Waals surface area contributed by atoms with Gasteiger partial charge < -0.3 is 10.6 Å². The second-order valence-corrected chi connectivity index (χ2v) is 6.51. The Labute approximate surface area is 136 Å². The van der Waals surface area contributed by atoms with Crippen molar-refractivity contribution in [3.05, 3.63) is 41.5 Å². The van der Waals surface area contributed by atoms with Crippen molar-refractivity contribution < 1.29 is 13.2 Å². The molecule has 0 aliphatic carbocycles. The summed E-state index contributed by atoms with van der Waals surface area (Å²) < 4.78 is 26.9. The van der Waals surface area contributed by atoms with Crippen molar-refractivity contribution in [1.29, 1.82) is 0 Å². The average molecular weight is 346 g/mol. The van der Waals surface area contributed by atoms with Gasteiger partial charge in [-0.1, -0.05) is 11.6 Å². The van der Waals surface area contributed by atoms with Gasteiger partial charge in [0, 0.05) is 25.7 Å². The van der Waals surface area contributed by atoms with Gasteiger partial charge in [-0.25, -0.2) is 13.1 Å². The van der Waals surface area contributed by atoms with E-state index in [1.165, 1.54) is 31.3 Å². The standard InChI is InChI=1S/C14H19N3O3S.ClH/c1-15-14(18)12-2-4-13(5-3-12)21(19,20)17-10-11-6-8-16-9-7-11;/h2-6,16-17H,7-10H2,1H3,(H,15,18);1H. The van der Waals surface area contributed by atoms with E-state index >= 15 is 0 Å². The summed E-state index contributed by atoms with van der Waals surface area (Å²) in [7, 11) is -2.02. The van der Waals surface area contributed by atoms with Gasteiger partial charge in [0.15, 0.2) is 0 Å². The van der Waals surface area contributed by atoms with Crippen molar-refractivity contribution in [2.24, 2.45) is 0 Å². The summed E-state index contributed by atoms with van der Waals surface area (Å²) in [6.07, 6.45) is 2.85. The Balaban J connectivity index is 0.00000242. The first-order chi connectivity index (χ1) is 10.0. The molecule has 3 N–H and O–H groups in total. The SMILES string of the molecule is CNC(=O)c1ccc(S(=O)(=O)NCC2=CCNCC2)cc1.Cl. The number of carbonyl (C=O) groups excluding carboxylic acids is 1. The fourth-order valence-electron chi connectivity index (χ4n) is 2.03. The molecule has 22 heavy (non-hydrogen) atoms. The first kappa shape index (κ1) is 18.6. The van der Waals surface area contributed by atoms with E-state index in [4.69, 9.17) is 0 Å². The van der Waals surface area contributed by atoms with Gasteiger partial charge in [0.25, 0.3) is 5.91 Å². The molecule has 0 atom stereocenters. The zero-order chi connectivity index (χ0) is 15.3. The predicted octanol–water partition coefficient (Wildman–Crippen LogP) is 0.666. The first-order valence-electron chi connectivity index (χ1n) is 6.73. The van der Waals surface area contributed by atoms with Crippen LogP contribution in [0.5, 0.6) is 0 Å². The molecule has 2 rings (SSSR count). The Bertz CT molecular complexity index is 642. The number of sulfonamides is 1. The molecule has 0 unspecified atom stereocenters. The molecule has 0 aromatic heterocycles. The summed E-state index contributed by atoms with van der Waals surface area (Å²) >= 11 is 0. The van der Waals surface area contributed by atoms with Crippen LogP contribution in [-0.4, -0.2) is 41.0 Å². The van der Waals surface area contributed by atoms with Gasteiger partial charge in [0.2, 0.25) is 10.0 Å². The zero-order valence-corrected chi connectivity index (χ0v) is 13.9. The van der Waals surface area contributed by atoms with Gasteiger partial charge in [-0.2, -0.15) is 0 Å².